The standard InChI is InChI=1S/C8H6O7S.Na/c9-7(10)5-2-1-4(16(13,14)15)3-6(5)8(11)12;/h1-3H,(H,9,10)(H,11,12)(H,13,14,15);. The Hall–Kier alpha value is -0.930. The third kappa shape index (κ3) is 3.79. The van der Waals surface area contributed by atoms with E-state index in [9.17, 15) is 18.0 Å². The smallest absolute Gasteiger partial charge is 0.336 e. The van der Waals surface area contributed by atoms with Gasteiger partial charge in [-0.3, -0.25) is 4.55 Å². The molecule has 0 aliphatic rings. The van der Waals surface area contributed by atoms with Crippen molar-refractivity contribution < 1.29 is 32.8 Å². The second-order valence-electron chi connectivity index (χ2n) is 2.79. The fraction of sp³-hybridized carbons (Fsp3) is 0. The van der Waals surface area contributed by atoms with Gasteiger partial charge in [0.15, 0.2) is 0 Å². The number of carboxylic acid groups (broad SMARTS) is 2. The maximum Gasteiger partial charge on any atom is 0.336 e. The quantitative estimate of drug-likeness (QED) is 0.518. The van der Waals surface area contributed by atoms with Crippen molar-refractivity contribution in [2.75, 3.05) is 0 Å². The summed E-state index contributed by atoms with van der Waals surface area (Å²) in [5.41, 5.74) is -1.26. The van der Waals surface area contributed by atoms with Crippen molar-refractivity contribution in [3.8, 4) is 0 Å². The van der Waals surface area contributed by atoms with E-state index in [0.717, 1.165) is 12.1 Å². The zero-order chi connectivity index (χ0) is 12.5. The van der Waals surface area contributed by atoms with Crippen LogP contribution in [0.3, 0.4) is 0 Å². The predicted molar refractivity (Wildman–Crippen MR) is 55.9 cm³/mol. The van der Waals surface area contributed by atoms with Crippen molar-refractivity contribution in [2.24, 2.45) is 0 Å². The molecular weight excluding hydrogens is 263 g/mol. The van der Waals surface area contributed by atoms with E-state index in [1.165, 1.54) is 0 Å². The fourth-order valence-corrected chi connectivity index (χ4v) is 1.55. The molecule has 0 fully saturated rings. The molecule has 0 saturated heterocycles. The summed E-state index contributed by atoms with van der Waals surface area (Å²) in [4.78, 5) is 20.6. The summed E-state index contributed by atoms with van der Waals surface area (Å²) >= 11 is 0. The van der Waals surface area contributed by atoms with Crippen LogP contribution in [-0.4, -0.2) is 64.7 Å². The van der Waals surface area contributed by atoms with Crippen molar-refractivity contribution >= 4 is 51.6 Å². The molecular formula is C8H6NaO7S. The van der Waals surface area contributed by atoms with Gasteiger partial charge in [0, 0.05) is 29.6 Å². The molecule has 0 spiro atoms. The van der Waals surface area contributed by atoms with E-state index < -0.39 is 38.1 Å². The van der Waals surface area contributed by atoms with Gasteiger partial charge in [-0.05, 0) is 18.2 Å². The van der Waals surface area contributed by atoms with Gasteiger partial charge < -0.3 is 10.2 Å². The summed E-state index contributed by atoms with van der Waals surface area (Å²) in [6, 6.07) is 2.20. The minimum atomic E-state index is -4.56. The van der Waals surface area contributed by atoms with Gasteiger partial charge in [0.2, 0.25) is 0 Å². The molecule has 0 saturated carbocycles. The largest absolute Gasteiger partial charge is 0.478 e. The van der Waals surface area contributed by atoms with Crippen LogP contribution in [0, 0.1) is 0 Å². The van der Waals surface area contributed by atoms with Crippen LogP contribution in [0.15, 0.2) is 23.1 Å². The maximum atomic E-state index is 10.7. The molecule has 0 atom stereocenters. The average Bonchev–Trinajstić information content (AvgIpc) is 2.15. The Bertz CT molecular complexity index is 563. The minimum Gasteiger partial charge on any atom is -0.478 e. The molecule has 0 aliphatic carbocycles. The predicted octanol–water partition coefficient (Wildman–Crippen LogP) is -0.0511. The number of hydrogen-bond acceptors (Lipinski definition) is 4. The summed E-state index contributed by atoms with van der Waals surface area (Å²) in [6.45, 7) is 0. The Kier molecular flexibility index (Phi) is 5.30. The first-order valence-electron chi connectivity index (χ1n) is 3.81. The molecule has 1 aromatic rings. The summed E-state index contributed by atoms with van der Waals surface area (Å²) < 4.78 is 30.1. The first-order valence-corrected chi connectivity index (χ1v) is 5.25. The number of carbonyl (C=O) groups is 2. The molecule has 0 amide bonds. The molecule has 17 heavy (non-hydrogen) atoms. The number of aromatic carboxylic acids is 2. The molecule has 0 aliphatic heterocycles. The molecule has 3 N–H and O–H groups in total. The van der Waals surface area contributed by atoms with Gasteiger partial charge in [-0.1, -0.05) is 0 Å². The summed E-state index contributed by atoms with van der Waals surface area (Å²) in [5.74, 6) is -3.10. The van der Waals surface area contributed by atoms with Crippen LogP contribution in [0.5, 0.6) is 0 Å². The van der Waals surface area contributed by atoms with Crippen LogP contribution < -0.4 is 0 Å². The minimum absolute atomic E-state index is 0. The van der Waals surface area contributed by atoms with Crippen LogP contribution in [0.4, 0.5) is 0 Å². The Morgan fingerprint density at radius 3 is 1.82 bits per heavy atom. The Balaban J connectivity index is 0.00000256. The van der Waals surface area contributed by atoms with Crippen LogP contribution in [0.1, 0.15) is 20.7 Å². The molecule has 0 aromatic heterocycles. The van der Waals surface area contributed by atoms with Gasteiger partial charge in [-0.25, -0.2) is 9.59 Å². The molecule has 87 valence electrons. The molecule has 1 radical (unpaired) electrons. The van der Waals surface area contributed by atoms with Gasteiger partial charge >= 0.3 is 11.9 Å². The van der Waals surface area contributed by atoms with E-state index in [0.29, 0.717) is 6.07 Å². The SMILES string of the molecule is O=C(O)c1ccc(S(=O)(=O)O)cc1C(=O)O.[Na]. The summed E-state index contributed by atoms with van der Waals surface area (Å²) in [6.07, 6.45) is 0. The topological polar surface area (TPSA) is 129 Å². The molecule has 0 heterocycles. The summed E-state index contributed by atoms with van der Waals surface area (Å²) in [5, 5.41) is 17.3. The Morgan fingerprint density at radius 1 is 1.00 bits per heavy atom. The maximum absolute atomic E-state index is 10.7. The summed E-state index contributed by atoms with van der Waals surface area (Å²) in [7, 11) is -4.56. The van der Waals surface area contributed by atoms with E-state index in [1.54, 1.807) is 0 Å². The molecule has 9 heteroatoms. The van der Waals surface area contributed by atoms with E-state index in [1.807, 2.05) is 0 Å². The zero-order valence-electron chi connectivity index (χ0n) is 8.61. The number of carboxylic acids is 2. The first kappa shape index (κ1) is 16.1. The average molecular weight is 269 g/mol. The second-order valence-corrected chi connectivity index (χ2v) is 4.21. The van der Waals surface area contributed by atoms with Crippen molar-refractivity contribution in [3.63, 3.8) is 0 Å². The van der Waals surface area contributed by atoms with Crippen LogP contribution >= 0.6 is 0 Å². The van der Waals surface area contributed by atoms with Gasteiger partial charge in [-0.2, -0.15) is 8.42 Å². The third-order valence-corrected chi connectivity index (χ3v) is 2.60. The van der Waals surface area contributed by atoms with E-state index in [-0.39, 0.29) is 29.6 Å². The van der Waals surface area contributed by atoms with E-state index in [2.05, 4.69) is 0 Å². The van der Waals surface area contributed by atoms with Crippen molar-refractivity contribution in [2.45, 2.75) is 4.90 Å². The number of benzene rings is 1. The second kappa shape index (κ2) is 5.61. The molecule has 7 nitrogen and oxygen atoms in total. The zero-order valence-corrected chi connectivity index (χ0v) is 11.4. The molecule has 0 unspecified atom stereocenters. The molecule has 0 bridgehead atoms. The van der Waals surface area contributed by atoms with E-state index in [4.69, 9.17) is 14.8 Å². The van der Waals surface area contributed by atoms with Crippen LogP contribution in [0.25, 0.3) is 0 Å². The van der Waals surface area contributed by atoms with Crippen molar-refractivity contribution in [1.82, 2.24) is 0 Å². The van der Waals surface area contributed by atoms with Crippen LogP contribution in [-0.2, 0) is 10.1 Å². The third-order valence-electron chi connectivity index (χ3n) is 1.75. The molecule has 1 rings (SSSR count). The van der Waals surface area contributed by atoms with Gasteiger partial charge in [0.25, 0.3) is 10.1 Å². The fourth-order valence-electron chi connectivity index (χ4n) is 1.05. The van der Waals surface area contributed by atoms with Crippen LogP contribution in [0.2, 0.25) is 0 Å². The number of hydrogen-bond donors (Lipinski definition) is 3. The normalized spacial score (nSPS) is 10.4. The van der Waals surface area contributed by atoms with Crippen molar-refractivity contribution in [1.29, 1.82) is 0 Å². The van der Waals surface area contributed by atoms with Crippen molar-refractivity contribution in [3.05, 3.63) is 29.3 Å². The Morgan fingerprint density at radius 2 is 1.47 bits per heavy atom. The number of rotatable bonds is 3. The first-order chi connectivity index (χ1) is 7.23. The monoisotopic (exact) mass is 269 g/mol. The van der Waals surface area contributed by atoms with Gasteiger partial charge in [0.1, 0.15) is 0 Å². The van der Waals surface area contributed by atoms with E-state index >= 15 is 0 Å². The molecule has 1 aromatic carbocycles. The van der Waals surface area contributed by atoms with Gasteiger partial charge in [-0.15, -0.1) is 0 Å². The van der Waals surface area contributed by atoms with Gasteiger partial charge in [0.05, 0.1) is 16.0 Å². The Labute approximate surface area is 118 Å².